The smallest absolute Gasteiger partial charge is 0.325 e. The van der Waals surface area contributed by atoms with Crippen LogP contribution in [0.15, 0.2) is 18.2 Å². The Kier molecular flexibility index (Phi) is 4.27. The van der Waals surface area contributed by atoms with Gasteiger partial charge in [0.1, 0.15) is 6.54 Å². The van der Waals surface area contributed by atoms with Crippen molar-refractivity contribution in [3.63, 3.8) is 0 Å². The first-order valence-electron chi connectivity index (χ1n) is 6.85. The normalized spacial score (nSPS) is 13.9. The van der Waals surface area contributed by atoms with Crippen LogP contribution < -0.4 is 5.73 Å². The minimum atomic E-state index is -0.366. The van der Waals surface area contributed by atoms with Crippen molar-refractivity contribution in [2.45, 2.75) is 32.7 Å². The summed E-state index contributed by atoms with van der Waals surface area (Å²) >= 11 is 0. The average molecular weight is 276 g/mol. The lowest BCUT2D eigenvalue weighted by Gasteiger charge is -2.22. The van der Waals surface area contributed by atoms with E-state index in [0.717, 1.165) is 18.4 Å². The number of hydrogen-bond donors (Lipinski definition) is 1. The predicted molar refractivity (Wildman–Crippen MR) is 76.3 cm³/mol. The van der Waals surface area contributed by atoms with Crippen molar-refractivity contribution < 1.29 is 14.3 Å². The molecule has 0 aliphatic heterocycles. The molecule has 1 fully saturated rings. The molecule has 5 heteroatoms. The number of anilines is 1. The highest BCUT2D eigenvalue weighted by Gasteiger charge is 2.35. The molecule has 1 aromatic rings. The molecule has 108 valence electrons. The molecule has 0 radical (unpaired) electrons. The molecule has 1 aliphatic carbocycles. The van der Waals surface area contributed by atoms with E-state index in [0.29, 0.717) is 17.9 Å². The van der Waals surface area contributed by atoms with E-state index in [-0.39, 0.29) is 24.5 Å². The number of benzene rings is 1. The molecule has 2 N–H and O–H groups in total. The molecule has 0 unspecified atom stereocenters. The topological polar surface area (TPSA) is 72.6 Å². The molecule has 0 saturated heterocycles. The summed E-state index contributed by atoms with van der Waals surface area (Å²) in [6, 6.07) is 5.39. The van der Waals surface area contributed by atoms with Gasteiger partial charge in [0, 0.05) is 17.3 Å². The number of hydrogen-bond acceptors (Lipinski definition) is 4. The number of nitrogens with two attached hydrogens (primary N) is 1. The van der Waals surface area contributed by atoms with Gasteiger partial charge < -0.3 is 15.4 Å². The summed E-state index contributed by atoms with van der Waals surface area (Å²) < 4.78 is 4.93. The van der Waals surface area contributed by atoms with Crippen LogP contribution in [0.3, 0.4) is 0 Å². The molecule has 5 nitrogen and oxygen atoms in total. The molecule has 2 rings (SSSR count). The minimum Gasteiger partial charge on any atom is -0.465 e. The van der Waals surface area contributed by atoms with Gasteiger partial charge in [-0.3, -0.25) is 9.59 Å². The zero-order valence-corrected chi connectivity index (χ0v) is 11.9. The molecule has 20 heavy (non-hydrogen) atoms. The number of carbonyl (C=O) groups excluding carboxylic acids is 2. The number of ether oxygens (including phenoxy) is 1. The second-order valence-corrected chi connectivity index (χ2v) is 5.04. The van der Waals surface area contributed by atoms with Gasteiger partial charge in [0.2, 0.25) is 0 Å². The van der Waals surface area contributed by atoms with E-state index in [4.69, 9.17) is 10.5 Å². The van der Waals surface area contributed by atoms with Gasteiger partial charge in [0.25, 0.3) is 5.91 Å². The second kappa shape index (κ2) is 5.94. The molecule has 1 amide bonds. The van der Waals surface area contributed by atoms with E-state index in [9.17, 15) is 9.59 Å². The van der Waals surface area contributed by atoms with Crippen molar-refractivity contribution in [2.75, 3.05) is 18.9 Å². The van der Waals surface area contributed by atoms with Crippen molar-refractivity contribution >= 4 is 17.6 Å². The van der Waals surface area contributed by atoms with Crippen LogP contribution in [0.1, 0.15) is 35.7 Å². The number of amides is 1. The lowest BCUT2D eigenvalue weighted by Crippen LogP contribution is -2.38. The lowest BCUT2D eigenvalue weighted by molar-refractivity contribution is -0.144. The van der Waals surface area contributed by atoms with Gasteiger partial charge >= 0.3 is 5.97 Å². The van der Waals surface area contributed by atoms with Crippen LogP contribution in [0.2, 0.25) is 0 Å². The van der Waals surface area contributed by atoms with Crippen molar-refractivity contribution in [1.82, 2.24) is 4.90 Å². The molecule has 0 atom stereocenters. The van der Waals surface area contributed by atoms with Crippen molar-refractivity contribution in [2.24, 2.45) is 0 Å². The zero-order valence-electron chi connectivity index (χ0n) is 11.9. The van der Waals surface area contributed by atoms with Gasteiger partial charge in [-0.25, -0.2) is 0 Å². The van der Waals surface area contributed by atoms with Gasteiger partial charge in [0.15, 0.2) is 0 Å². The van der Waals surface area contributed by atoms with Crippen LogP contribution in [-0.2, 0) is 9.53 Å². The minimum absolute atomic E-state index is 0.00553. The first-order chi connectivity index (χ1) is 9.52. The number of aryl methyl sites for hydroxylation is 1. The van der Waals surface area contributed by atoms with E-state index < -0.39 is 0 Å². The summed E-state index contributed by atoms with van der Waals surface area (Å²) in [6.07, 6.45) is 1.87. The van der Waals surface area contributed by atoms with Gasteiger partial charge in [0.05, 0.1) is 6.61 Å². The van der Waals surface area contributed by atoms with Crippen LogP contribution in [0.4, 0.5) is 5.69 Å². The standard InChI is InChI=1S/C15H20N2O3/c1-3-20-14(18)9-17(12-6-7-12)15(19)13-8-11(16)5-4-10(13)2/h4-5,8,12H,3,6-7,9,16H2,1-2H3. The van der Waals surface area contributed by atoms with Crippen molar-refractivity contribution in [1.29, 1.82) is 0 Å². The molecule has 1 saturated carbocycles. The van der Waals surface area contributed by atoms with E-state index in [1.165, 1.54) is 0 Å². The second-order valence-electron chi connectivity index (χ2n) is 5.04. The predicted octanol–water partition coefficient (Wildman–Crippen LogP) is 1.74. The summed E-state index contributed by atoms with van der Waals surface area (Å²) in [5.74, 6) is -0.514. The highest BCUT2D eigenvalue weighted by Crippen LogP contribution is 2.29. The molecule has 0 bridgehead atoms. The van der Waals surface area contributed by atoms with Gasteiger partial charge in [-0.2, -0.15) is 0 Å². The van der Waals surface area contributed by atoms with E-state index in [1.807, 2.05) is 13.0 Å². The van der Waals surface area contributed by atoms with Crippen LogP contribution in [0, 0.1) is 6.92 Å². The Balaban J connectivity index is 2.18. The van der Waals surface area contributed by atoms with E-state index in [2.05, 4.69) is 0 Å². The zero-order chi connectivity index (χ0) is 14.7. The van der Waals surface area contributed by atoms with Crippen LogP contribution in [-0.4, -0.2) is 36.0 Å². The monoisotopic (exact) mass is 276 g/mol. The van der Waals surface area contributed by atoms with Gasteiger partial charge in [-0.1, -0.05) is 6.07 Å². The maximum atomic E-state index is 12.6. The fourth-order valence-electron chi connectivity index (χ4n) is 2.12. The largest absolute Gasteiger partial charge is 0.465 e. The first kappa shape index (κ1) is 14.4. The van der Waals surface area contributed by atoms with E-state index in [1.54, 1.807) is 24.0 Å². The molecule has 1 aliphatic rings. The summed E-state index contributed by atoms with van der Waals surface area (Å²) in [5.41, 5.74) is 7.71. The Hall–Kier alpha value is -2.04. The Morgan fingerprint density at radius 2 is 2.10 bits per heavy atom. The maximum Gasteiger partial charge on any atom is 0.325 e. The third-order valence-corrected chi connectivity index (χ3v) is 3.35. The lowest BCUT2D eigenvalue weighted by atomic mass is 10.1. The Morgan fingerprint density at radius 1 is 1.40 bits per heavy atom. The summed E-state index contributed by atoms with van der Waals surface area (Å²) in [6.45, 7) is 3.94. The number of nitrogens with zero attached hydrogens (tertiary/aromatic N) is 1. The molecule has 0 heterocycles. The first-order valence-corrected chi connectivity index (χ1v) is 6.85. The molecule has 0 aromatic heterocycles. The SMILES string of the molecule is CCOC(=O)CN(C(=O)c1cc(N)ccc1C)C1CC1. The van der Waals surface area contributed by atoms with Crippen LogP contribution >= 0.6 is 0 Å². The number of carbonyl (C=O) groups is 2. The quantitative estimate of drug-likeness (QED) is 0.657. The fourth-order valence-corrected chi connectivity index (χ4v) is 2.12. The van der Waals surface area contributed by atoms with E-state index >= 15 is 0 Å². The number of rotatable bonds is 5. The highest BCUT2D eigenvalue weighted by molar-refractivity contribution is 5.98. The van der Waals surface area contributed by atoms with Crippen LogP contribution in [0.25, 0.3) is 0 Å². The maximum absolute atomic E-state index is 12.6. The van der Waals surface area contributed by atoms with Crippen molar-refractivity contribution in [3.8, 4) is 0 Å². The molecular formula is C15H20N2O3. The third-order valence-electron chi connectivity index (χ3n) is 3.35. The van der Waals surface area contributed by atoms with Crippen molar-refractivity contribution in [3.05, 3.63) is 29.3 Å². The average Bonchev–Trinajstić information content (AvgIpc) is 3.23. The fraction of sp³-hybridized carbons (Fsp3) is 0.467. The Labute approximate surface area is 118 Å². The molecule has 1 aromatic carbocycles. The number of esters is 1. The van der Waals surface area contributed by atoms with Gasteiger partial charge in [-0.15, -0.1) is 0 Å². The molecular weight excluding hydrogens is 256 g/mol. The third kappa shape index (κ3) is 3.29. The summed E-state index contributed by atoms with van der Waals surface area (Å²) in [7, 11) is 0. The Morgan fingerprint density at radius 3 is 2.70 bits per heavy atom. The van der Waals surface area contributed by atoms with Gasteiger partial charge in [-0.05, 0) is 44.4 Å². The Bertz CT molecular complexity index is 524. The summed E-state index contributed by atoms with van der Waals surface area (Å²) in [4.78, 5) is 25.8. The van der Waals surface area contributed by atoms with Crippen LogP contribution in [0.5, 0.6) is 0 Å². The number of nitrogen functional groups attached to an aromatic ring is 1. The highest BCUT2D eigenvalue weighted by atomic mass is 16.5. The summed E-state index contributed by atoms with van der Waals surface area (Å²) in [5, 5.41) is 0. The molecule has 0 spiro atoms.